The normalized spacial score (nSPS) is 31.1. The van der Waals surface area contributed by atoms with Crippen LogP contribution in [-0.2, 0) is 23.8 Å². The number of carbonyl (C=O) groups is 1. The standard InChI is InChI=1S/C15H24O6S/c1-22(18,19)20-10-12-11(13-8-9-14(12)21-13)6-4-2-3-5-7-15(16)17/h2,4,11-14H,3,5-10H2,1H3,(H,16,17)/b4-2-/t11-,12+,13-,14+/m1/s1. The zero-order chi connectivity index (χ0) is 16.2. The summed E-state index contributed by atoms with van der Waals surface area (Å²) in [4.78, 5) is 10.4. The number of allylic oxidation sites excluding steroid dienone is 2. The fourth-order valence-electron chi connectivity index (χ4n) is 3.37. The Morgan fingerprint density at radius 1 is 1.27 bits per heavy atom. The monoisotopic (exact) mass is 332 g/mol. The van der Waals surface area contributed by atoms with Gasteiger partial charge in [0.05, 0.1) is 25.1 Å². The van der Waals surface area contributed by atoms with E-state index in [1.54, 1.807) is 0 Å². The van der Waals surface area contributed by atoms with E-state index in [-0.39, 0.29) is 37.1 Å². The second-order valence-electron chi connectivity index (χ2n) is 6.10. The van der Waals surface area contributed by atoms with Gasteiger partial charge in [0, 0.05) is 12.3 Å². The second kappa shape index (κ2) is 7.57. The second-order valence-corrected chi connectivity index (χ2v) is 7.74. The minimum absolute atomic E-state index is 0.108. The van der Waals surface area contributed by atoms with Gasteiger partial charge in [-0.25, -0.2) is 0 Å². The van der Waals surface area contributed by atoms with Crippen LogP contribution in [-0.4, -0.2) is 44.6 Å². The SMILES string of the molecule is CS(=O)(=O)OC[C@H]1[C@@H](C/C=C\CCCC(=O)O)[C@H]2CC[C@@H]1O2. The average Bonchev–Trinajstić information content (AvgIpc) is 3.00. The Balaban J connectivity index is 1.80. The number of rotatable bonds is 9. The van der Waals surface area contributed by atoms with Crippen LogP contribution in [0, 0.1) is 11.8 Å². The summed E-state index contributed by atoms with van der Waals surface area (Å²) in [7, 11) is -3.42. The van der Waals surface area contributed by atoms with E-state index in [1.807, 2.05) is 6.08 Å². The Hall–Kier alpha value is -0.920. The van der Waals surface area contributed by atoms with E-state index in [9.17, 15) is 13.2 Å². The molecule has 0 aromatic carbocycles. The maximum Gasteiger partial charge on any atom is 0.303 e. The number of hydrogen-bond donors (Lipinski definition) is 1. The first-order valence-electron chi connectivity index (χ1n) is 7.73. The summed E-state index contributed by atoms with van der Waals surface area (Å²) in [5, 5.41) is 8.57. The third kappa shape index (κ3) is 5.07. The molecule has 0 aromatic heterocycles. The molecular weight excluding hydrogens is 308 g/mol. The summed E-state index contributed by atoms with van der Waals surface area (Å²) < 4.78 is 33.2. The number of unbranched alkanes of at least 4 members (excludes halogenated alkanes) is 1. The van der Waals surface area contributed by atoms with Crippen molar-refractivity contribution in [1.82, 2.24) is 0 Å². The lowest BCUT2D eigenvalue weighted by atomic mass is 9.78. The van der Waals surface area contributed by atoms with Gasteiger partial charge in [-0.3, -0.25) is 8.98 Å². The van der Waals surface area contributed by atoms with Crippen molar-refractivity contribution in [2.24, 2.45) is 11.8 Å². The third-order valence-electron chi connectivity index (χ3n) is 4.40. The van der Waals surface area contributed by atoms with Gasteiger partial charge in [-0.15, -0.1) is 0 Å². The summed E-state index contributed by atoms with van der Waals surface area (Å²) in [5.41, 5.74) is 0. The van der Waals surface area contributed by atoms with Crippen molar-refractivity contribution in [3.05, 3.63) is 12.2 Å². The minimum Gasteiger partial charge on any atom is -0.481 e. The third-order valence-corrected chi connectivity index (χ3v) is 4.97. The summed E-state index contributed by atoms with van der Waals surface area (Å²) in [6, 6.07) is 0. The molecule has 126 valence electrons. The van der Waals surface area contributed by atoms with Gasteiger partial charge in [0.25, 0.3) is 10.1 Å². The first kappa shape index (κ1) is 17.4. The molecule has 0 aliphatic carbocycles. The predicted octanol–water partition coefficient (Wildman–Crippen LogP) is 1.96. The maximum absolute atomic E-state index is 11.2. The van der Waals surface area contributed by atoms with Crippen LogP contribution in [0.1, 0.15) is 38.5 Å². The number of hydrogen-bond acceptors (Lipinski definition) is 5. The van der Waals surface area contributed by atoms with Crippen LogP contribution >= 0.6 is 0 Å². The van der Waals surface area contributed by atoms with Gasteiger partial charge in [0.15, 0.2) is 0 Å². The van der Waals surface area contributed by atoms with Crippen molar-refractivity contribution >= 4 is 16.1 Å². The van der Waals surface area contributed by atoms with Gasteiger partial charge in [-0.1, -0.05) is 12.2 Å². The number of fused-ring (bicyclic) bond motifs is 2. The Morgan fingerprint density at radius 3 is 2.59 bits per heavy atom. The molecule has 6 nitrogen and oxygen atoms in total. The van der Waals surface area contributed by atoms with E-state index in [4.69, 9.17) is 14.0 Å². The molecule has 2 heterocycles. The molecule has 0 aromatic rings. The lowest BCUT2D eigenvalue weighted by Gasteiger charge is -2.26. The quantitative estimate of drug-likeness (QED) is 0.394. The van der Waals surface area contributed by atoms with Crippen molar-refractivity contribution < 1.29 is 27.2 Å². The zero-order valence-corrected chi connectivity index (χ0v) is 13.6. The highest BCUT2D eigenvalue weighted by Gasteiger charge is 2.48. The van der Waals surface area contributed by atoms with Crippen LogP contribution < -0.4 is 0 Å². The van der Waals surface area contributed by atoms with Crippen LogP contribution in [0.2, 0.25) is 0 Å². The highest BCUT2D eigenvalue weighted by atomic mass is 32.2. The number of aliphatic carboxylic acids is 1. The molecule has 1 N–H and O–H groups in total. The van der Waals surface area contributed by atoms with E-state index in [0.29, 0.717) is 6.42 Å². The van der Waals surface area contributed by atoms with Gasteiger partial charge in [0.1, 0.15) is 0 Å². The summed E-state index contributed by atoms with van der Waals surface area (Å²) in [6.07, 6.45) is 9.83. The summed E-state index contributed by atoms with van der Waals surface area (Å²) in [5.74, 6) is -0.360. The smallest absolute Gasteiger partial charge is 0.303 e. The molecule has 0 saturated carbocycles. The lowest BCUT2D eigenvalue weighted by Crippen LogP contribution is -2.31. The van der Waals surface area contributed by atoms with Crippen molar-refractivity contribution in [3.63, 3.8) is 0 Å². The molecule has 0 amide bonds. The molecule has 0 radical (unpaired) electrons. The predicted molar refractivity (Wildman–Crippen MR) is 80.9 cm³/mol. The van der Waals surface area contributed by atoms with Crippen LogP contribution in [0.4, 0.5) is 0 Å². The molecule has 2 aliphatic rings. The minimum atomic E-state index is -3.42. The fraction of sp³-hybridized carbons (Fsp3) is 0.800. The molecule has 0 unspecified atom stereocenters. The van der Waals surface area contributed by atoms with Crippen LogP contribution in [0.5, 0.6) is 0 Å². The van der Waals surface area contributed by atoms with Gasteiger partial charge >= 0.3 is 5.97 Å². The van der Waals surface area contributed by atoms with E-state index in [1.165, 1.54) is 0 Å². The van der Waals surface area contributed by atoms with Gasteiger partial charge in [0.2, 0.25) is 0 Å². The number of carboxylic acids is 1. The largest absolute Gasteiger partial charge is 0.481 e. The lowest BCUT2D eigenvalue weighted by molar-refractivity contribution is -0.137. The molecule has 4 atom stereocenters. The van der Waals surface area contributed by atoms with Crippen LogP contribution in [0.3, 0.4) is 0 Å². The van der Waals surface area contributed by atoms with Crippen molar-refractivity contribution in [2.75, 3.05) is 12.9 Å². The molecule has 2 rings (SSSR count). The molecule has 2 saturated heterocycles. The Morgan fingerprint density at radius 2 is 1.95 bits per heavy atom. The summed E-state index contributed by atoms with van der Waals surface area (Å²) >= 11 is 0. The Labute approximate surface area is 131 Å². The first-order chi connectivity index (χ1) is 10.4. The van der Waals surface area contributed by atoms with Crippen LogP contribution in [0.25, 0.3) is 0 Å². The van der Waals surface area contributed by atoms with Crippen molar-refractivity contribution in [2.45, 2.75) is 50.7 Å². The van der Waals surface area contributed by atoms with Gasteiger partial charge in [-0.05, 0) is 38.0 Å². The van der Waals surface area contributed by atoms with Crippen molar-refractivity contribution in [3.8, 4) is 0 Å². The van der Waals surface area contributed by atoms with E-state index in [0.717, 1.165) is 31.9 Å². The molecule has 7 heteroatoms. The van der Waals surface area contributed by atoms with Gasteiger partial charge in [-0.2, -0.15) is 8.42 Å². The average molecular weight is 332 g/mol. The van der Waals surface area contributed by atoms with E-state index < -0.39 is 16.1 Å². The molecule has 2 fully saturated rings. The maximum atomic E-state index is 11.2. The van der Waals surface area contributed by atoms with Crippen LogP contribution in [0.15, 0.2) is 12.2 Å². The first-order valence-corrected chi connectivity index (χ1v) is 9.55. The zero-order valence-electron chi connectivity index (χ0n) is 12.8. The van der Waals surface area contributed by atoms with E-state index in [2.05, 4.69) is 6.08 Å². The van der Waals surface area contributed by atoms with Crippen molar-refractivity contribution in [1.29, 1.82) is 0 Å². The number of carboxylic acid groups (broad SMARTS) is 1. The van der Waals surface area contributed by atoms with Gasteiger partial charge < -0.3 is 9.84 Å². The van der Waals surface area contributed by atoms with E-state index >= 15 is 0 Å². The molecule has 0 spiro atoms. The topological polar surface area (TPSA) is 89.9 Å². The molecular formula is C15H24O6S. The molecule has 2 aliphatic heterocycles. The molecule has 2 bridgehead atoms. The highest BCUT2D eigenvalue weighted by molar-refractivity contribution is 7.85. The summed E-state index contributed by atoms with van der Waals surface area (Å²) in [6.45, 7) is 0.192. The molecule has 22 heavy (non-hydrogen) atoms. The fourth-order valence-corrected chi connectivity index (χ4v) is 3.78. The number of ether oxygens (including phenoxy) is 1. The highest BCUT2D eigenvalue weighted by Crippen LogP contribution is 2.45. The Bertz CT molecular complexity index is 512. The Kier molecular flexibility index (Phi) is 6.00.